The molecule has 2 aliphatic carbocycles. The Kier molecular flexibility index (Phi) is 3.65. The summed E-state index contributed by atoms with van der Waals surface area (Å²) < 4.78 is 10.6. The molecule has 2 saturated carbocycles. The van der Waals surface area contributed by atoms with Crippen LogP contribution in [-0.4, -0.2) is 29.9 Å². The SMILES string of the molecule is CC(=O)O[C@H]1[C@@H](OC(C)=O)CC[C@]2(C)C(=O)CC[C@@H]12. The maximum Gasteiger partial charge on any atom is 0.303 e. The molecule has 19 heavy (non-hydrogen) atoms. The molecule has 0 spiro atoms. The summed E-state index contributed by atoms with van der Waals surface area (Å²) in [6.07, 6.45) is 1.55. The van der Waals surface area contributed by atoms with Crippen LogP contribution in [0.5, 0.6) is 0 Å². The van der Waals surface area contributed by atoms with Gasteiger partial charge in [0.05, 0.1) is 0 Å². The molecule has 0 amide bonds. The van der Waals surface area contributed by atoms with Crippen molar-refractivity contribution in [3.05, 3.63) is 0 Å². The first-order chi connectivity index (χ1) is 8.84. The summed E-state index contributed by atoms with van der Waals surface area (Å²) in [7, 11) is 0. The van der Waals surface area contributed by atoms with Gasteiger partial charge < -0.3 is 9.47 Å². The molecule has 0 unspecified atom stereocenters. The van der Waals surface area contributed by atoms with Crippen LogP contribution in [-0.2, 0) is 23.9 Å². The summed E-state index contributed by atoms with van der Waals surface area (Å²) in [4.78, 5) is 34.5. The first kappa shape index (κ1) is 14.0. The normalized spacial score (nSPS) is 37.6. The number of rotatable bonds is 2. The van der Waals surface area contributed by atoms with E-state index < -0.39 is 23.6 Å². The molecule has 2 rings (SSSR count). The Morgan fingerprint density at radius 2 is 1.79 bits per heavy atom. The molecule has 106 valence electrons. The van der Waals surface area contributed by atoms with Crippen molar-refractivity contribution in [1.29, 1.82) is 0 Å². The molecule has 0 saturated heterocycles. The molecule has 0 aromatic carbocycles. The number of hydrogen-bond donors (Lipinski definition) is 0. The van der Waals surface area contributed by atoms with E-state index in [4.69, 9.17) is 9.47 Å². The minimum Gasteiger partial charge on any atom is -0.459 e. The van der Waals surface area contributed by atoms with Crippen molar-refractivity contribution in [2.24, 2.45) is 11.3 Å². The zero-order chi connectivity index (χ0) is 14.2. The fourth-order valence-electron chi connectivity index (χ4n) is 3.50. The highest BCUT2D eigenvalue weighted by atomic mass is 16.6. The zero-order valence-electron chi connectivity index (χ0n) is 11.6. The number of fused-ring (bicyclic) bond motifs is 1. The quantitative estimate of drug-likeness (QED) is 0.712. The number of carbonyl (C=O) groups is 3. The molecule has 4 atom stereocenters. The van der Waals surface area contributed by atoms with E-state index in [2.05, 4.69) is 0 Å². The molecule has 0 aromatic rings. The first-order valence-corrected chi connectivity index (χ1v) is 6.72. The fourth-order valence-corrected chi connectivity index (χ4v) is 3.50. The van der Waals surface area contributed by atoms with Crippen LogP contribution in [0.4, 0.5) is 0 Å². The van der Waals surface area contributed by atoms with E-state index in [0.29, 0.717) is 25.7 Å². The van der Waals surface area contributed by atoms with Gasteiger partial charge in [-0.3, -0.25) is 14.4 Å². The van der Waals surface area contributed by atoms with Crippen LogP contribution >= 0.6 is 0 Å². The number of esters is 2. The van der Waals surface area contributed by atoms with Gasteiger partial charge in [0.1, 0.15) is 18.0 Å². The summed E-state index contributed by atoms with van der Waals surface area (Å²) in [5.74, 6) is -0.584. The van der Waals surface area contributed by atoms with Crippen LogP contribution < -0.4 is 0 Å². The van der Waals surface area contributed by atoms with Crippen molar-refractivity contribution in [3.63, 3.8) is 0 Å². The molecule has 5 heteroatoms. The third-order valence-electron chi connectivity index (χ3n) is 4.47. The van der Waals surface area contributed by atoms with E-state index in [9.17, 15) is 14.4 Å². The second-order valence-electron chi connectivity index (χ2n) is 5.75. The Bertz CT molecular complexity index is 416. The lowest BCUT2D eigenvalue weighted by Gasteiger charge is -2.43. The molecule has 2 fully saturated rings. The number of hydrogen-bond acceptors (Lipinski definition) is 5. The third kappa shape index (κ3) is 2.51. The summed E-state index contributed by atoms with van der Waals surface area (Å²) in [6.45, 7) is 4.62. The van der Waals surface area contributed by atoms with Gasteiger partial charge in [-0.15, -0.1) is 0 Å². The van der Waals surface area contributed by atoms with Crippen molar-refractivity contribution >= 4 is 17.7 Å². The monoisotopic (exact) mass is 268 g/mol. The number of ether oxygens (including phenoxy) is 2. The average Bonchev–Trinajstić information content (AvgIpc) is 2.59. The lowest BCUT2D eigenvalue weighted by Crippen LogP contribution is -2.50. The molecule has 0 heterocycles. The van der Waals surface area contributed by atoms with E-state index in [1.54, 1.807) is 0 Å². The minimum atomic E-state index is -0.494. The minimum absolute atomic E-state index is 0.0398. The molecule has 0 bridgehead atoms. The molecule has 5 nitrogen and oxygen atoms in total. The van der Waals surface area contributed by atoms with Gasteiger partial charge in [-0.2, -0.15) is 0 Å². The molecule has 0 aromatic heterocycles. The standard InChI is InChI=1S/C14H20O5/c1-8(15)18-11-6-7-14(3)10(4-5-12(14)17)13(11)19-9(2)16/h10-11,13H,4-7H2,1-3H3/t10-,11-,13+,14-/m0/s1. The molecule has 2 aliphatic rings. The largest absolute Gasteiger partial charge is 0.459 e. The second-order valence-corrected chi connectivity index (χ2v) is 5.75. The summed E-state index contributed by atoms with van der Waals surface area (Å²) in [6, 6.07) is 0. The highest BCUT2D eigenvalue weighted by Gasteiger charge is 2.56. The fraction of sp³-hybridized carbons (Fsp3) is 0.786. The van der Waals surface area contributed by atoms with Crippen molar-refractivity contribution in [2.45, 2.75) is 58.7 Å². The Balaban J connectivity index is 2.24. The smallest absolute Gasteiger partial charge is 0.303 e. The average molecular weight is 268 g/mol. The van der Waals surface area contributed by atoms with E-state index >= 15 is 0 Å². The van der Waals surface area contributed by atoms with Crippen molar-refractivity contribution in [2.75, 3.05) is 0 Å². The van der Waals surface area contributed by atoms with Gasteiger partial charge in [0, 0.05) is 31.6 Å². The van der Waals surface area contributed by atoms with Crippen LogP contribution in [0.3, 0.4) is 0 Å². The zero-order valence-corrected chi connectivity index (χ0v) is 11.6. The predicted octanol–water partition coefficient (Wildman–Crippen LogP) is 1.63. The third-order valence-corrected chi connectivity index (χ3v) is 4.47. The maximum absolute atomic E-state index is 12.0. The molecule has 0 radical (unpaired) electrons. The molecular weight excluding hydrogens is 248 g/mol. The first-order valence-electron chi connectivity index (χ1n) is 6.72. The highest BCUT2D eigenvalue weighted by Crippen LogP contribution is 2.51. The lowest BCUT2D eigenvalue weighted by molar-refractivity contribution is -0.182. The van der Waals surface area contributed by atoms with Gasteiger partial charge in [-0.05, 0) is 19.3 Å². The van der Waals surface area contributed by atoms with Crippen LogP contribution in [0.1, 0.15) is 46.5 Å². The van der Waals surface area contributed by atoms with E-state index in [1.165, 1.54) is 13.8 Å². The van der Waals surface area contributed by atoms with Crippen molar-refractivity contribution < 1.29 is 23.9 Å². The van der Waals surface area contributed by atoms with Gasteiger partial charge in [0.2, 0.25) is 0 Å². The maximum atomic E-state index is 12.0. The Hall–Kier alpha value is -1.39. The van der Waals surface area contributed by atoms with Gasteiger partial charge in [-0.1, -0.05) is 6.92 Å². The highest BCUT2D eigenvalue weighted by molar-refractivity contribution is 5.87. The van der Waals surface area contributed by atoms with Gasteiger partial charge in [0.15, 0.2) is 0 Å². The van der Waals surface area contributed by atoms with Crippen LogP contribution in [0, 0.1) is 11.3 Å². The number of Topliss-reactive ketones (excluding diaryl/α,β-unsaturated/α-hetero) is 1. The molecular formula is C14H20O5. The number of carbonyl (C=O) groups excluding carboxylic acids is 3. The lowest BCUT2D eigenvalue weighted by atomic mass is 9.66. The van der Waals surface area contributed by atoms with E-state index in [1.807, 2.05) is 6.92 Å². The van der Waals surface area contributed by atoms with Gasteiger partial charge in [0.25, 0.3) is 0 Å². The predicted molar refractivity (Wildman–Crippen MR) is 66.2 cm³/mol. The van der Waals surface area contributed by atoms with Gasteiger partial charge >= 0.3 is 11.9 Å². The Labute approximate surface area is 112 Å². The summed E-state index contributed by atoms with van der Waals surface area (Å²) in [5.41, 5.74) is -0.434. The Morgan fingerprint density at radius 1 is 1.16 bits per heavy atom. The molecule has 0 N–H and O–H groups in total. The van der Waals surface area contributed by atoms with Crippen LogP contribution in [0.25, 0.3) is 0 Å². The molecule has 0 aliphatic heterocycles. The second kappa shape index (κ2) is 4.94. The Morgan fingerprint density at radius 3 is 2.37 bits per heavy atom. The van der Waals surface area contributed by atoms with Crippen molar-refractivity contribution in [3.8, 4) is 0 Å². The number of ketones is 1. The summed E-state index contributed by atoms with van der Waals surface area (Å²) >= 11 is 0. The summed E-state index contributed by atoms with van der Waals surface area (Å²) in [5, 5.41) is 0. The van der Waals surface area contributed by atoms with Gasteiger partial charge in [-0.25, -0.2) is 0 Å². The van der Waals surface area contributed by atoms with E-state index in [-0.39, 0.29) is 17.7 Å². The van der Waals surface area contributed by atoms with Crippen LogP contribution in [0.2, 0.25) is 0 Å². The van der Waals surface area contributed by atoms with E-state index in [0.717, 1.165) is 0 Å². The van der Waals surface area contributed by atoms with Crippen LogP contribution in [0.15, 0.2) is 0 Å². The van der Waals surface area contributed by atoms with Crippen molar-refractivity contribution in [1.82, 2.24) is 0 Å². The topological polar surface area (TPSA) is 69.7 Å².